The third-order valence-electron chi connectivity index (χ3n) is 5.25. The van der Waals surface area contributed by atoms with E-state index in [2.05, 4.69) is 31.0 Å². The van der Waals surface area contributed by atoms with Crippen LogP contribution in [0.3, 0.4) is 0 Å². The summed E-state index contributed by atoms with van der Waals surface area (Å²) in [7, 11) is 3.09. The first kappa shape index (κ1) is 20.8. The molecule has 0 saturated heterocycles. The summed E-state index contributed by atoms with van der Waals surface area (Å²) < 4.78 is 11.9. The number of fused-ring (bicyclic) bond motifs is 1. The number of aryl methyl sites for hydroxylation is 2. The predicted molar refractivity (Wildman–Crippen MR) is 123 cm³/mol. The lowest BCUT2D eigenvalue weighted by atomic mass is 10.1. The number of pyridine rings is 1. The summed E-state index contributed by atoms with van der Waals surface area (Å²) in [5.41, 5.74) is 4.53. The number of methoxy groups -OCH3 is 2. The van der Waals surface area contributed by atoms with Gasteiger partial charge in [-0.25, -0.2) is 4.98 Å². The smallest absolute Gasteiger partial charge is 0.264 e. The fourth-order valence-electron chi connectivity index (χ4n) is 3.43. The number of ether oxygens (including phenoxy) is 2. The van der Waals surface area contributed by atoms with Crippen molar-refractivity contribution in [3.8, 4) is 11.5 Å². The first-order chi connectivity index (χ1) is 15.0. The average molecular weight is 434 g/mol. The standard InChI is InChI=1S/C24H23N3O3S/c1-15-10-11-20-21(16(15)2)26-24(31-20)27(14-17-7-6-12-25-13-17)23(28)18-8-5-9-19(29-3)22(18)30-4/h5-13H,14H2,1-4H3. The third kappa shape index (κ3) is 3.96. The number of anilines is 1. The number of hydrogen-bond donors (Lipinski definition) is 0. The quantitative estimate of drug-likeness (QED) is 0.420. The number of hydrogen-bond acceptors (Lipinski definition) is 6. The number of carbonyl (C=O) groups is 1. The third-order valence-corrected chi connectivity index (χ3v) is 6.29. The van der Waals surface area contributed by atoms with Crippen LogP contribution in [0.25, 0.3) is 10.2 Å². The van der Waals surface area contributed by atoms with Crippen molar-refractivity contribution in [3.05, 3.63) is 77.1 Å². The lowest BCUT2D eigenvalue weighted by Gasteiger charge is -2.21. The minimum absolute atomic E-state index is 0.215. The van der Waals surface area contributed by atoms with E-state index >= 15 is 0 Å². The highest BCUT2D eigenvalue weighted by Crippen LogP contribution is 2.36. The first-order valence-electron chi connectivity index (χ1n) is 9.82. The fourth-order valence-corrected chi connectivity index (χ4v) is 4.45. The van der Waals surface area contributed by atoms with Crippen LogP contribution in [0.5, 0.6) is 11.5 Å². The second kappa shape index (κ2) is 8.73. The molecule has 0 saturated carbocycles. The zero-order valence-corrected chi connectivity index (χ0v) is 18.7. The molecule has 2 heterocycles. The summed E-state index contributed by atoms with van der Waals surface area (Å²) in [5.74, 6) is 0.692. The summed E-state index contributed by atoms with van der Waals surface area (Å²) in [6.07, 6.45) is 3.47. The lowest BCUT2D eigenvalue weighted by Crippen LogP contribution is -2.30. The molecule has 0 bridgehead atoms. The van der Waals surface area contributed by atoms with E-state index in [1.165, 1.54) is 24.0 Å². The van der Waals surface area contributed by atoms with Crippen LogP contribution in [0.2, 0.25) is 0 Å². The van der Waals surface area contributed by atoms with Crippen molar-refractivity contribution in [3.63, 3.8) is 0 Å². The van der Waals surface area contributed by atoms with Gasteiger partial charge >= 0.3 is 0 Å². The molecule has 0 unspecified atom stereocenters. The van der Waals surface area contributed by atoms with Gasteiger partial charge in [0, 0.05) is 12.4 Å². The number of thiazole rings is 1. The number of rotatable bonds is 6. The van der Waals surface area contributed by atoms with E-state index in [1.54, 1.807) is 42.6 Å². The second-order valence-corrected chi connectivity index (χ2v) is 8.15. The molecule has 0 fully saturated rings. The average Bonchev–Trinajstić information content (AvgIpc) is 3.24. The maximum absolute atomic E-state index is 13.8. The van der Waals surface area contributed by atoms with Gasteiger partial charge < -0.3 is 9.47 Å². The van der Waals surface area contributed by atoms with Gasteiger partial charge in [0.15, 0.2) is 16.6 Å². The molecule has 1 amide bonds. The highest BCUT2D eigenvalue weighted by molar-refractivity contribution is 7.22. The van der Waals surface area contributed by atoms with Crippen molar-refractivity contribution in [2.75, 3.05) is 19.1 Å². The molecule has 2 aromatic heterocycles. The van der Waals surface area contributed by atoms with Gasteiger partial charge in [-0.15, -0.1) is 0 Å². The van der Waals surface area contributed by atoms with E-state index in [1.807, 2.05) is 12.1 Å². The molecular weight excluding hydrogens is 410 g/mol. The van der Waals surface area contributed by atoms with Crippen LogP contribution in [-0.2, 0) is 6.54 Å². The molecule has 31 heavy (non-hydrogen) atoms. The van der Waals surface area contributed by atoms with Gasteiger partial charge in [0.1, 0.15) is 0 Å². The predicted octanol–water partition coefficient (Wildman–Crippen LogP) is 5.17. The Hall–Kier alpha value is -3.45. The topological polar surface area (TPSA) is 64.5 Å². The fraction of sp³-hybridized carbons (Fsp3) is 0.208. The second-order valence-electron chi connectivity index (χ2n) is 7.14. The summed E-state index contributed by atoms with van der Waals surface area (Å²) in [4.78, 5) is 24.5. The molecule has 4 rings (SSSR count). The van der Waals surface area contributed by atoms with Crippen LogP contribution >= 0.6 is 11.3 Å². The normalized spacial score (nSPS) is 10.8. The van der Waals surface area contributed by atoms with Gasteiger partial charge in [0.05, 0.1) is 36.5 Å². The summed E-state index contributed by atoms with van der Waals surface area (Å²) in [6, 6.07) is 13.2. The van der Waals surface area contributed by atoms with Crippen molar-refractivity contribution in [2.45, 2.75) is 20.4 Å². The number of benzene rings is 2. The number of para-hydroxylation sites is 1. The Morgan fingerprint density at radius 2 is 1.90 bits per heavy atom. The molecule has 6 nitrogen and oxygen atoms in total. The molecule has 0 aliphatic heterocycles. The van der Waals surface area contributed by atoms with Crippen LogP contribution in [-0.4, -0.2) is 30.1 Å². The van der Waals surface area contributed by atoms with Crippen LogP contribution < -0.4 is 14.4 Å². The van der Waals surface area contributed by atoms with Gasteiger partial charge in [-0.05, 0) is 54.8 Å². The zero-order valence-electron chi connectivity index (χ0n) is 17.9. The number of nitrogens with zero attached hydrogens (tertiary/aromatic N) is 3. The Labute approximate surface area is 185 Å². The molecule has 0 aliphatic carbocycles. The molecule has 4 aromatic rings. The van der Waals surface area contributed by atoms with Gasteiger partial charge in [0.2, 0.25) is 0 Å². The van der Waals surface area contributed by atoms with Crippen molar-refractivity contribution in [1.29, 1.82) is 0 Å². The lowest BCUT2D eigenvalue weighted by molar-refractivity contribution is 0.0981. The highest BCUT2D eigenvalue weighted by Gasteiger charge is 2.26. The van der Waals surface area contributed by atoms with Gasteiger partial charge in [0.25, 0.3) is 5.91 Å². The van der Waals surface area contributed by atoms with E-state index in [9.17, 15) is 4.79 Å². The monoisotopic (exact) mass is 433 g/mol. The number of carbonyl (C=O) groups excluding carboxylic acids is 1. The van der Waals surface area contributed by atoms with Gasteiger partial charge in [-0.1, -0.05) is 29.5 Å². The Morgan fingerprint density at radius 1 is 1.06 bits per heavy atom. The van der Waals surface area contributed by atoms with Crippen LogP contribution in [0.15, 0.2) is 54.9 Å². The first-order valence-corrected chi connectivity index (χ1v) is 10.6. The number of amides is 1. The molecule has 0 atom stereocenters. The van der Waals surface area contributed by atoms with Gasteiger partial charge in [-0.3, -0.25) is 14.7 Å². The Kier molecular flexibility index (Phi) is 5.86. The van der Waals surface area contributed by atoms with E-state index in [0.717, 1.165) is 21.3 Å². The zero-order chi connectivity index (χ0) is 22.0. The van der Waals surface area contributed by atoms with Crippen molar-refractivity contribution < 1.29 is 14.3 Å². The molecule has 0 spiro atoms. The molecule has 0 N–H and O–H groups in total. The highest BCUT2D eigenvalue weighted by atomic mass is 32.1. The molecular formula is C24H23N3O3S. The molecule has 0 radical (unpaired) electrons. The van der Waals surface area contributed by atoms with E-state index < -0.39 is 0 Å². The van der Waals surface area contributed by atoms with Crippen molar-refractivity contribution >= 4 is 32.6 Å². The van der Waals surface area contributed by atoms with Crippen molar-refractivity contribution in [2.24, 2.45) is 0 Å². The largest absolute Gasteiger partial charge is 0.493 e. The van der Waals surface area contributed by atoms with Gasteiger partial charge in [-0.2, -0.15) is 0 Å². The van der Waals surface area contributed by atoms with E-state index in [4.69, 9.17) is 14.5 Å². The Bertz CT molecular complexity index is 1240. The minimum Gasteiger partial charge on any atom is -0.493 e. The van der Waals surface area contributed by atoms with Crippen LogP contribution in [0.4, 0.5) is 5.13 Å². The summed E-state index contributed by atoms with van der Waals surface area (Å²) in [6.45, 7) is 4.46. The molecule has 2 aromatic carbocycles. The van der Waals surface area contributed by atoms with Crippen LogP contribution in [0.1, 0.15) is 27.0 Å². The summed E-state index contributed by atoms with van der Waals surface area (Å²) >= 11 is 1.50. The number of aromatic nitrogens is 2. The Balaban J connectivity index is 1.84. The molecule has 7 heteroatoms. The van der Waals surface area contributed by atoms with E-state index in [-0.39, 0.29) is 5.91 Å². The summed E-state index contributed by atoms with van der Waals surface area (Å²) in [5, 5.41) is 0.627. The van der Waals surface area contributed by atoms with Crippen LogP contribution in [0, 0.1) is 13.8 Å². The maximum Gasteiger partial charge on any atom is 0.264 e. The van der Waals surface area contributed by atoms with Crippen molar-refractivity contribution in [1.82, 2.24) is 9.97 Å². The van der Waals surface area contributed by atoms with E-state index in [0.29, 0.717) is 28.7 Å². The SMILES string of the molecule is COc1cccc(C(=O)N(Cc2cccnc2)c2nc3c(C)c(C)ccc3s2)c1OC. The maximum atomic E-state index is 13.8. The molecule has 0 aliphatic rings. The molecule has 158 valence electrons. The Morgan fingerprint density at radius 3 is 2.61 bits per heavy atom. The minimum atomic E-state index is -0.215.